The van der Waals surface area contributed by atoms with Gasteiger partial charge < -0.3 is 15.5 Å². The van der Waals surface area contributed by atoms with Gasteiger partial charge >= 0.3 is 0 Å². The second-order valence-electron chi connectivity index (χ2n) is 4.03. The van der Waals surface area contributed by atoms with E-state index in [9.17, 15) is 15.0 Å². The molecule has 0 spiro atoms. The standard InChI is InChI=1S/C12H15NO3S/c14-9-2-1-3-10(15)11(9)12(16)13-8-4-6-17-7-5-8/h1-3,8,14-15H,4-7H2,(H,13,16). The molecule has 0 atom stereocenters. The third-order valence-electron chi connectivity index (χ3n) is 2.80. The van der Waals surface area contributed by atoms with E-state index in [1.54, 1.807) is 0 Å². The van der Waals surface area contributed by atoms with Gasteiger partial charge in [-0.3, -0.25) is 4.79 Å². The second kappa shape index (κ2) is 5.31. The first-order chi connectivity index (χ1) is 8.18. The summed E-state index contributed by atoms with van der Waals surface area (Å²) >= 11 is 1.88. The van der Waals surface area contributed by atoms with Crippen molar-refractivity contribution in [1.29, 1.82) is 0 Å². The van der Waals surface area contributed by atoms with E-state index >= 15 is 0 Å². The number of amides is 1. The summed E-state index contributed by atoms with van der Waals surface area (Å²) in [6.07, 6.45) is 1.87. The molecule has 0 saturated carbocycles. The highest BCUT2D eigenvalue weighted by Gasteiger charge is 2.21. The van der Waals surface area contributed by atoms with Crippen LogP contribution < -0.4 is 5.32 Å². The van der Waals surface area contributed by atoms with Crippen molar-refractivity contribution in [2.45, 2.75) is 18.9 Å². The van der Waals surface area contributed by atoms with E-state index < -0.39 is 5.91 Å². The highest BCUT2D eigenvalue weighted by molar-refractivity contribution is 7.99. The van der Waals surface area contributed by atoms with Gasteiger partial charge in [0.1, 0.15) is 17.1 Å². The van der Waals surface area contributed by atoms with E-state index in [4.69, 9.17) is 0 Å². The van der Waals surface area contributed by atoms with E-state index in [-0.39, 0.29) is 23.1 Å². The third-order valence-corrected chi connectivity index (χ3v) is 3.85. The molecular formula is C12H15NO3S. The topological polar surface area (TPSA) is 69.6 Å². The minimum absolute atomic E-state index is 0.0364. The molecule has 5 heteroatoms. The molecule has 4 nitrogen and oxygen atoms in total. The van der Waals surface area contributed by atoms with Gasteiger partial charge in [-0.25, -0.2) is 0 Å². The zero-order chi connectivity index (χ0) is 12.3. The van der Waals surface area contributed by atoms with Gasteiger partial charge in [0.05, 0.1) is 0 Å². The highest BCUT2D eigenvalue weighted by atomic mass is 32.2. The van der Waals surface area contributed by atoms with Gasteiger partial charge in [0.2, 0.25) is 0 Å². The summed E-state index contributed by atoms with van der Waals surface area (Å²) < 4.78 is 0. The maximum atomic E-state index is 11.9. The number of benzene rings is 1. The largest absolute Gasteiger partial charge is 0.507 e. The van der Waals surface area contributed by atoms with Crippen LogP contribution in [-0.2, 0) is 0 Å². The van der Waals surface area contributed by atoms with E-state index in [0.29, 0.717) is 0 Å². The van der Waals surface area contributed by atoms with Crippen molar-refractivity contribution in [1.82, 2.24) is 5.32 Å². The fourth-order valence-corrected chi connectivity index (χ4v) is 2.97. The molecule has 1 fully saturated rings. The number of nitrogens with one attached hydrogen (secondary N) is 1. The molecule has 1 heterocycles. The van der Waals surface area contributed by atoms with Gasteiger partial charge in [0, 0.05) is 6.04 Å². The molecule has 1 aliphatic heterocycles. The Labute approximate surface area is 104 Å². The Balaban J connectivity index is 2.08. The lowest BCUT2D eigenvalue weighted by molar-refractivity contribution is 0.0929. The fourth-order valence-electron chi connectivity index (χ4n) is 1.86. The van der Waals surface area contributed by atoms with Crippen LogP contribution in [0.4, 0.5) is 0 Å². The van der Waals surface area contributed by atoms with Crippen LogP contribution in [0.2, 0.25) is 0 Å². The molecule has 17 heavy (non-hydrogen) atoms. The summed E-state index contributed by atoms with van der Waals surface area (Å²) in [6.45, 7) is 0. The molecule has 1 saturated heterocycles. The first-order valence-corrected chi connectivity index (χ1v) is 6.73. The fraction of sp³-hybridized carbons (Fsp3) is 0.417. The summed E-state index contributed by atoms with van der Waals surface area (Å²) in [5.74, 6) is 1.30. The van der Waals surface area contributed by atoms with E-state index in [1.807, 2.05) is 11.8 Å². The average Bonchev–Trinajstić information content (AvgIpc) is 2.30. The molecule has 3 N–H and O–H groups in total. The lowest BCUT2D eigenvalue weighted by Crippen LogP contribution is -2.37. The quantitative estimate of drug-likeness (QED) is 0.750. The Bertz CT molecular complexity index is 396. The summed E-state index contributed by atoms with van der Waals surface area (Å²) in [5, 5.41) is 22.0. The lowest BCUT2D eigenvalue weighted by atomic mass is 10.1. The molecular weight excluding hydrogens is 238 g/mol. The normalized spacial score (nSPS) is 16.7. The number of aromatic hydroxyl groups is 2. The Morgan fingerprint density at radius 1 is 1.24 bits per heavy atom. The number of hydrogen-bond donors (Lipinski definition) is 3. The number of thioether (sulfide) groups is 1. The number of phenols is 2. The molecule has 0 radical (unpaired) electrons. The van der Waals surface area contributed by atoms with Crippen molar-refractivity contribution in [3.63, 3.8) is 0 Å². The van der Waals surface area contributed by atoms with Crippen molar-refractivity contribution < 1.29 is 15.0 Å². The lowest BCUT2D eigenvalue weighted by Gasteiger charge is -2.22. The van der Waals surface area contributed by atoms with Crippen LogP contribution in [0.25, 0.3) is 0 Å². The predicted octanol–water partition coefficient (Wildman–Crippen LogP) is 1.72. The number of carbonyl (C=O) groups excluding carboxylic acids is 1. The molecule has 1 amide bonds. The van der Waals surface area contributed by atoms with Crippen molar-refractivity contribution in [2.24, 2.45) is 0 Å². The Morgan fingerprint density at radius 2 is 1.82 bits per heavy atom. The summed E-state index contributed by atoms with van der Waals surface area (Å²) in [6, 6.07) is 4.43. The molecule has 0 aliphatic carbocycles. The smallest absolute Gasteiger partial charge is 0.259 e. The van der Waals surface area contributed by atoms with Crippen molar-refractivity contribution in [2.75, 3.05) is 11.5 Å². The first-order valence-electron chi connectivity index (χ1n) is 5.58. The van der Waals surface area contributed by atoms with Crippen LogP contribution in [0, 0.1) is 0 Å². The first kappa shape index (κ1) is 12.1. The van der Waals surface area contributed by atoms with Crippen LogP contribution in [-0.4, -0.2) is 33.7 Å². The summed E-state index contributed by atoms with van der Waals surface area (Å²) in [4.78, 5) is 11.9. The Morgan fingerprint density at radius 3 is 2.41 bits per heavy atom. The van der Waals surface area contributed by atoms with Crippen LogP contribution >= 0.6 is 11.8 Å². The van der Waals surface area contributed by atoms with Gasteiger partial charge in [0.15, 0.2) is 0 Å². The van der Waals surface area contributed by atoms with Crippen molar-refractivity contribution >= 4 is 17.7 Å². The molecule has 2 rings (SSSR count). The second-order valence-corrected chi connectivity index (χ2v) is 5.26. The number of carbonyl (C=O) groups is 1. The molecule has 0 unspecified atom stereocenters. The van der Waals surface area contributed by atoms with Crippen LogP contribution in [0.3, 0.4) is 0 Å². The van der Waals surface area contributed by atoms with Crippen LogP contribution in [0.5, 0.6) is 11.5 Å². The van der Waals surface area contributed by atoms with E-state index in [1.165, 1.54) is 18.2 Å². The zero-order valence-electron chi connectivity index (χ0n) is 9.35. The van der Waals surface area contributed by atoms with E-state index in [0.717, 1.165) is 24.3 Å². The number of phenolic OH excluding ortho intramolecular Hbond substituents is 2. The van der Waals surface area contributed by atoms with Gasteiger partial charge in [-0.2, -0.15) is 11.8 Å². The zero-order valence-corrected chi connectivity index (χ0v) is 10.2. The van der Waals surface area contributed by atoms with Crippen LogP contribution in [0.15, 0.2) is 18.2 Å². The van der Waals surface area contributed by atoms with Gasteiger partial charge in [-0.05, 0) is 36.5 Å². The summed E-state index contributed by atoms with van der Waals surface area (Å²) in [5.41, 5.74) is -0.0364. The Hall–Kier alpha value is -1.36. The maximum absolute atomic E-state index is 11.9. The molecule has 1 aromatic carbocycles. The van der Waals surface area contributed by atoms with Gasteiger partial charge in [-0.1, -0.05) is 6.07 Å². The van der Waals surface area contributed by atoms with Gasteiger partial charge in [0.25, 0.3) is 5.91 Å². The number of rotatable bonds is 2. The molecule has 1 aliphatic rings. The van der Waals surface area contributed by atoms with E-state index in [2.05, 4.69) is 5.32 Å². The van der Waals surface area contributed by atoms with Crippen molar-refractivity contribution in [3.8, 4) is 11.5 Å². The predicted molar refractivity (Wildman–Crippen MR) is 67.6 cm³/mol. The van der Waals surface area contributed by atoms with Crippen LogP contribution in [0.1, 0.15) is 23.2 Å². The molecule has 1 aromatic rings. The summed E-state index contributed by atoms with van der Waals surface area (Å²) in [7, 11) is 0. The van der Waals surface area contributed by atoms with Crippen molar-refractivity contribution in [3.05, 3.63) is 23.8 Å². The monoisotopic (exact) mass is 253 g/mol. The minimum atomic E-state index is -0.405. The molecule has 0 bridgehead atoms. The minimum Gasteiger partial charge on any atom is -0.507 e. The Kier molecular flexibility index (Phi) is 3.78. The molecule has 92 valence electrons. The SMILES string of the molecule is O=C(NC1CCSCC1)c1c(O)cccc1O. The highest BCUT2D eigenvalue weighted by Crippen LogP contribution is 2.26. The maximum Gasteiger partial charge on any atom is 0.259 e. The number of hydrogen-bond acceptors (Lipinski definition) is 4. The third kappa shape index (κ3) is 2.85. The average molecular weight is 253 g/mol. The van der Waals surface area contributed by atoms with Gasteiger partial charge in [-0.15, -0.1) is 0 Å². The molecule has 0 aromatic heterocycles.